The van der Waals surface area contributed by atoms with Crippen molar-refractivity contribution in [2.24, 2.45) is 0 Å². The van der Waals surface area contributed by atoms with E-state index >= 15 is 0 Å². The van der Waals surface area contributed by atoms with Gasteiger partial charge in [0.1, 0.15) is 10.8 Å². The number of aliphatic hydroxyl groups excluding tert-OH is 3. The average molecular weight is 281 g/mol. The Morgan fingerprint density at radius 3 is 2.17 bits per heavy atom. The lowest BCUT2D eigenvalue weighted by molar-refractivity contribution is -0.125. The van der Waals surface area contributed by atoms with Gasteiger partial charge in [0.2, 0.25) is 5.91 Å². The van der Waals surface area contributed by atoms with E-state index in [0.29, 0.717) is 12.8 Å². The maximum absolute atomic E-state index is 11.9. The standard InChI is InChI=1S/C10H19NO6S/c12-5-10(6-13,7-14)11-9(15)8-3-1-2-4-18(8,16)17/h8,12-14H,1-7H2,(H,11,15). The fraction of sp³-hybridized carbons (Fsp3) is 0.900. The highest BCUT2D eigenvalue weighted by atomic mass is 32.2. The quantitative estimate of drug-likeness (QED) is 0.453. The predicted octanol–water partition coefficient (Wildman–Crippen LogP) is -2.21. The molecule has 1 unspecified atom stereocenters. The summed E-state index contributed by atoms with van der Waals surface area (Å²) in [4.78, 5) is 11.9. The van der Waals surface area contributed by atoms with Gasteiger partial charge in [-0.05, 0) is 12.8 Å². The van der Waals surface area contributed by atoms with Crippen LogP contribution in [0.3, 0.4) is 0 Å². The van der Waals surface area contributed by atoms with Gasteiger partial charge in [0.15, 0.2) is 9.84 Å². The summed E-state index contributed by atoms with van der Waals surface area (Å²) in [5.74, 6) is -0.804. The molecule has 0 bridgehead atoms. The topological polar surface area (TPSA) is 124 Å². The zero-order valence-electron chi connectivity index (χ0n) is 10.0. The van der Waals surface area contributed by atoms with Gasteiger partial charge in [0.25, 0.3) is 0 Å². The van der Waals surface area contributed by atoms with Crippen molar-refractivity contribution >= 4 is 15.7 Å². The Morgan fingerprint density at radius 2 is 1.72 bits per heavy atom. The Bertz CT molecular complexity index is 381. The van der Waals surface area contributed by atoms with Crippen LogP contribution in [0.15, 0.2) is 0 Å². The molecule has 1 saturated heterocycles. The second-order valence-corrected chi connectivity index (χ2v) is 6.90. The van der Waals surface area contributed by atoms with Gasteiger partial charge in [-0.25, -0.2) is 8.42 Å². The molecule has 1 heterocycles. The molecule has 18 heavy (non-hydrogen) atoms. The average Bonchev–Trinajstić information content (AvgIpc) is 2.35. The summed E-state index contributed by atoms with van der Waals surface area (Å²) in [6.45, 7) is -2.00. The summed E-state index contributed by atoms with van der Waals surface area (Å²) in [6, 6.07) is 0. The molecule has 0 spiro atoms. The lowest BCUT2D eigenvalue weighted by atomic mass is 10.0. The number of carbonyl (C=O) groups excluding carboxylic acids is 1. The van der Waals surface area contributed by atoms with E-state index in [1.165, 1.54) is 0 Å². The molecule has 0 aromatic heterocycles. The molecular formula is C10H19NO6S. The van der Waals surface area contributed by atoms with E-state index in [1.807, 2.05) is 0 Å². The van der Waals surface area contributed by atoms with Gasteiger partial charge in [0, 0.05) is 0 Å². The van der Waals surface area contributed by atoms with E-state index in [4.69, 9.17) is 15.3 Å². The Kier molecular flexibility index (Phi) is 5.09. The first-order valence-electron chi connectivity index (χ1n) is 5.77. The van der Waals surface area contributed by atoms with Crippen LogP contribution in [-0.2, 0) is 14.6 Å². The second kappa shape index (κ2) is 5.96. The highest BCUT2D eigenvalue weighted by Crippen LogP contribution is 2.20. The fourth-order valence-electron chi connectivity index (χ4n) is 1.86. The van der Waals surface area contributed by atoms with Crippen molar-refractivity contribution in [1.82, 2.24) is 5.32 Å². The summed E-state index contributed by atoms with van der Waals surface area (Å²) in [5.41, 5.74) is -1.58. The Labute approximate surface area is 106 Å². The second-order valence-electron chi connectivity index (χ2n) is 4.60. The van der Waals surface area contributed by atoms with Gasteiger partial charge in [0.05, 0.1) is 25.6 Å². The third-order valence-corrected chi connectivity index (χ3v) is 5.34. The fourth-order valence-corrected chi connectivity index (χ4v) is 3.66. The molecule has 1 rings (SSSR count). The number of rotatable bonds is 5. The number of hydrogen-bond donors (Lipinski definition) is 4. The molecular weight excluding hydrogens is 262 g/mol. The summed E-state index contributed by atoms with van der Waals surface area (Å²) in [6.07, 6.45) is 1.41. The lowest BCUT2D eigenvalue weighted by Gasteiger charge is -2.31. The van der Waals surface area contributed by atoms with E-state index in [9.17, 15) is 13.2 Å². The molecule has 106 valence electrons. The van der Waals surface area contributed by atoms with Crippen LogP contribution in [0.5, 0.6) is 0 Å². The number of carbonyl (C=O) groups is 1. The first-order valence-corrected chi connectivity index (χ1v) is 7.48. The molecule has 0 saturated carbocycles. The maximum Gasteiger partial charge on any atom is 0.239 e. The van der Waals surface area contributed by atoms with Gasteiger partial charge in [-0.2, -0.15) is 0 Å². The van der Waals surface area contributed by atoms with Crippen molar-refractivity contribution < 1.29 is 28.5 Å². The summed E-state index contributed by atoms with van der Waals surface area (Å²) in [5, 5.41) is 28.3. The molecule has 4 N–H and O–H groups in total. The van der Waals surface area contributed by atoms with E-state index in [2.05, 4.69) is 5.32 Å². The number of hydrogen-bond acceptors (Lipinski definition) is 6. The molecule has 1 atom stereocenters. The van der Waals surface area contributed by atoms with E-state index < -0.39 is 46.4 Å². The molecule has 8 heteroatoms. The highest BCUT2D eigenvalue weighted by Gasteiger charge is 2.39. The van der Waals surface area contributed by atoms with Gasteiger partial charge in [-0.3, -0.25) is 4.79 Å². The number of amides is 1. The van der Waals surface area contributed by atoms with Crippen LogP contribution in [-0.4, -0.2) is 66.0 Å². The number of nitrogens with one attached hydrogen (secondary N) is 1. The van der Waals surface area contributed by atoms with Gasteiger partial charge in [-0.1, -0.05) is 6.42 Å². The van der Waals surface area contributed by atoms with Crippen LogP contribution >= 0.6 is 0 Å². The molecule has 0 radical (unpaired) electrons. The molecule has 1 aliphatic rings. The summed E-state index contributed by atoms with van der Waals surface area (Å²) in [7, 11) is -3.48. The molecule has 7 nitrogen and oxygen atoms in total. The normalized spacial score (nSPS) is 23.6. The molecule has 1 fully saturated rings. The zero-order valence-corrected chi connectivity index (χ0v) is 10.8. The van der Waals surface area contributed by atoms with Crippen molar-refractivity contribution in [3.05, 3.63) is 0 Å². The molecule has 0 aliphatic carbocycles. The van der Waals surface area contributed by atoms with Gasteiger partial charge >= 0.3 is 0 Å². The largest absolute Gasteiger partial charge is 0.394 e. The van der Waals surface area contributed by atoms with Crippen molar-refractivity contribution in [3.63, 3.8) is 0 Å². The van der Waals surface area contributed by atoms with E-state index in [1.54, 1.807) is 0 Å². The van der Waals surface area contributed by atoms with Crippen LogP contribution in [0, 0.1) is 0 Å². The molecule has 0 aromatic carbocycles. The Hall–Kier alpha value is -0.700. The lowest BCUT2D eigenvalue weighted by Crippen LogP contribution is -2.60. The minimum Gasteiger partial charge on any atom is -0.394 e. The first kappa shape index (κ1) is 15.4. The predicted molar refractivity (Wildman–Crippen MR) is 63.6 cm³/mol. The third kappa shape index (κ3) is 3.19. The monoisotopic (exact) mass is 281 g/mol. The minimum absolute atomic E-state index is 0.0323. The number of aliphatic hydroxyl groups is 3. The van der Waals surface area contributed by atoms with Crippen LogP contribution < -0.4 is 5.32 Å². The van der Waals surface area contributed by atoms with Gasteiger partial charge < -0.3 is 20.6 Å². The van der Waals surface area contributed by atoms with Crippen LogP contribution in [0.2, 0.25) is 0 Å². The molecule has 0 aromatic rings. The smallest absolute Gasteiger partial charge is 0.239 e. The Morgan fingerprint density at radius 1 is 1.17 bits per heavy atom. The van der Waals surface area contributed by atoms with Crippen LogP contribution in [0.1, 0.15) is 19.3 Å². The molecule has 1 amide bonds. The highest BCUT2D eigenvalue weighted by molar-refractivity contribution is 7.92. The summed E-state index contributed by atoms with van der Waals surface area (Å²) < 4.78 is 23.5. The van der Waals surface area contributed by atoms with Crippen molar-refractivity contribution in [1.29, 1.82) is 0 Å². The molecule has 1 aliphatic heterocycles. The minimum atomic E-state index is -3.48. The summed E-state index contributed by atoms with van der Waals surface area (Å²) >= 11 is 0. The van der Waals surface area contributed by atoms with Crippen LogP contribution in [0.4, 0.5) is 0 Å². The maximum atomic E-state index is 11.9. The van der Waals surface area contributed by atoms with E-state index in [-0.39, 0.29) is 12.2 Å². The van der Waals surface area contributed by atoms with Crippen molar-refractivity contribution in [3.8, 4) is 0 Å². The zero-order chi connectivity index (χ0) is 13.8. The van der Waals surface area contributed by atoms with Crippen molar-refractivity contribution in [2.45, 2.75) is 30.1 Å². The Balaban J connectivity index is 2.81. The van der Waals surface area contributed by atoms with Crippen molar-refractivity contribution in [2.75, 3.05) is 25.6 Å². The SMILES string of the molecule is O=C(NC(CO)(CO)CO)C1CCCCS1(=O)=O. The van der Waals surface area contributed by atoms with E-state index in [0.717, 1.165) is 0 Å². The van der Waals surface area contributed by atoms with Gasteiger partial charge in [-0.15, -0.1) is 0 Å². The first-order chi connectivity index (χ1) is 8.40. The number of sulfone groups is 1. The van der Waals surface area contributed by atoms with Crippen LogP contribution in [0.25, 0.3) is 0 Å². The third-order valence-electron chi connectivity index (χ3n) is 3.17.